The number of hydrogen-bond acceptors (Lipinski definition) is 4. The number of phenols is 1. The maximum atomic E-state index is 9.75. The van der Waals surface area contributed by atoms with Crippen LogP contribution >= 0.6 is 28.1 Å². The number of nitrogens with one attached hydrogen (secondary N) is 2. The van der Waals surface area contributed by atoms with E-state index in [0.717, 1.165) is 11.1 Å². The van der Waals surface area contributed by atoms with Crippen molar-refractivity contribution < 1.29 is 9.84 Å². The van der Waals surface area contributed by atoms with Crippen molar-refractivity contribution in [2.45, 2.75) is 6.54 Å². The second kappa shape index (κ2) is 8.50. The third kappa shape index (κ3) is 5.22. The third-order valence-electron chi connectivity index (χ3n) is 2.95. The summed E-state index contributed by atoms with van der Waals surface area (Å²) < 4.78 is 5.61. The van der Waals surface area contributed by atoms with Crippen LogP contribution in [-0.2, 0) is 6.54 Å². The van der Waals surface area contributed by atoms with Crippen LogP contribution in [-0.4, -0.2) is 23.5 Å². The van der Waals surface area contributed by atoms with Gasteiger partial charge < -0.3 is 15.2 Å². The van der Waals surface area contributed by atoms with Crippen molar-refractivity contribution in [3.05, 3.63) is 58.1 Å². The maximum absolute atomic E-state index is 9.75. The van der Waals surface area contributed by atoms with Crippen LogP contribution in [0.3, 0.4) is 0 Å². The molecular weight excluding hydrogens is 378 g/mol. The SMILES string of the molecule is COc1cc(/C=N\NC(=S)NCc2ccccc2)cc(Br)c1O. The summed E-state index contributed by atoms with van der Waals surface area (Å²) in [7, 11) is 1.49. The Morgan fingerprint density at radius 3 is 2.78 bits per heavy atom. The molecule has 2 rings (SSSR count). The molecule has 0 aromatic heterocycles. The van der Waals surface area contributed by atoms with Gasteiger partial charge in [-0.2, -0.15) is 5.10 Å². The smallest absolute Gasteiger partial charge is 0.187 e. The summed E-state index contributed by atoms with van der Waals surface area (Å²) in [5, 5.41) is 17.3. The van der Waals surface area contributed by atoms with E-state index in [1.807, 2.05) is 30.3 Å². The molecular formula is C16H16BrN3O2S. The Bertz CT molecular complexity index is 708. The zero-order valence-corrected chi connectivity index (χ0v) is 14.8. The van der Waals surface area contributed by atoms with Crippen molar-refractivity contribution in [2.24, 2.45) is 5.10 Å². The van der Waals surface area contributed by atoms with Gasteiger partial charge in [-0.1, -0.05) is 30.3 Å². The minimum atomic E-state index is 0.0534. The Kier molecular flexibility index (Phi) is 6.37. The van der Waals surface area contributed by atoms with E-state index in [0.29, 0.717) is 21.9 Å². The molecule has 0 heterocycles. The average Bonchev–Trinajstić information content (AvgIpc) is 2.57. The van der Waals surface area contributed by atoms with Crippen molar-refractivity contribution in [3.8, 4) is 11.5 Å². The van der Waals surface area contributed by atoms with Gasteiger partial charge in [0.05, 0.1) is 17.8 Å². The highest BCUT2D eigenvalue weighted by atomic mass is 79.9. The number of methoxy groups -OCH3 is 1. The van der Waals surface area contributed by atoms with Crippen molar-refractivity contribution in [1.29, 1.82) is 0 Å². The Hall–Kier alpha value is -2.12. The van der Waals surface area contributed by atoms with Crippen LogP contribution in [0.25, 0.3) is 0 Å². The Morgan fingerprint density at radius 1 is 1.35 bits per heavy atom. The van der Waals surface area contributed by atoms with Gasteiger partial charge in [-0.15, -0.1) is 0 Å². The van der Waals surface area contributed by atoms with Crippen LogP contribution in [0, 0.1) is 0 Å². The van der Waals surface area contributed by atoms with E-state index in [1.165, 1.54) is 7.11 Å². The lowest BCUT2D eigenvalue weighted by molar-refractivity contribution is 0.372. The van der Waals surface area contributed by atoms with E-state index >= 15 is 0 Å². The molecule has 23 heavy (non-hydrogen) atoms. The number of aromatic hydroxyl groups is 1. The number of thiocarbonyl (C=S) groups is 1. The quantitative estimate of drug-likeness (QED) is 0.413. The first-order valence-electron chi connectivity index (χ1n) is 6.77. The highest BCUT2D eigenvalue weighted by molar-refractivity contribution is 9.10. The molecule has 120 valence electrons. The molecule has 0 saturated carbocycles. The second-order valence-electron chi connectivity index (χ2n) is 4.59. The molecule has 0 atom stereocenters. The molecule has 0 aliphatic carbocycles. The summed E-state index contributed by atoms with van der Waals surface area (Å²) in [6.07, 6.45) is 1.59. The second-order valence-corrected chi connectivity index (χ2v) is 5.85. The standard InChI is InChI=1S/C16H16BrN3O2S/c1-22-14-8-12(7-13(17)15(14)21)10-19-20-16(23)18-9-11-5-3-2-4-6-11/h2-8,10,21H,9H2,1H3,(H2,18,20,23)/b19-10-. The highest BCUT2D eigenvalue weighted by Gasteiger charge is 2.07. The van der Waals surface area contributed by atoms with E-state index in [9.17, 15) is 5.11 Å². The number of phenolic OH excluding ortho intramolecular Hbond substituents is 1. The van der Waals surface area contributed by atoms with Crippen LogP contribution in [0.2, 0.25) is 0 Å². The Balaban J connectivity index is 1.89. The van der Waals surface area contributed by atoms with Crippen LogP contribution in [0.4, 0.5) is 0 Å². The number of halogens is 1. The van der Waals surface area contributed by atoms with E-state index in [-0.39, 0.29) is 5.75 Å². The van der Waals surface area contributed by atoms with Crippen molar-refractivity contribution >= 4 is 39.5 Å². The predicted octanol–water partition coefficient (Wildman–Crippen LogP) is 3.16. The lowest BCUT2D eigenvalue weighted by atomic mass is 10.2. The predicted molar refractivity (Wildman–Crippen MR) is 99.0 cm³/mol. The van der Waals surface area contributed by atoms with Crippen LogP contribution in [0.15, 0.2) is 52.0 Å². The fourth-order valence-corrected chi connectivity index (χ4v) is 2.39. The summed E-state index contributed by atoms with van der Waals surface area (Å²) in [5.41, 5.74) is 4.63. The number of hydrogen-bond donors (Lipinski definition) is 3. The first kappa shape index (κ1) is 17.2. The maximum Gasteiger partial charge on any atom is 0.187 e. The molecule has 0 spiro atoms. The van der Waals surface area contributed by atoms with E-state index in [2.05, 4.69) is 31.8 Å². The monoisotopic (exact) mass is 393 g/mol. The number of nitrogens with zero attached hydrogens (tertiary/aromatic N) is 1. The summed E-state index contributed by atoms with van der Waals surface area (Å²) in [4.78, 5) is 0. The van der Waals surface area contributed by atoms with Crippen molar-refractivity contribution in [2.75, 3.05) is 7.11 Å². The lowest BCUT2D eigenvalue weighted by Crippen LogP contribution is -2.31. The fourth-order valence-electron chi connectivity index (χ4n) is 1.81. The van der Waals surface area contributed by atoms with Crippen LogP contribution in [0.1, 0.15) is 11.1 Å². The minimum Gasteiger partial charge on any atom is -0.503 e. The summed E-state index contributed by atoms with van der Waals surface area (Å²) in [5.74, 6) is 0.420. The zero-order valence-electron chi connectivity index (χ0n) is 12.4. The van der Waals surface area contributed by atoms with Gasteiger partial charge in [-0.05, 0) is 51.4 Å². The molecule has 0 radical (unpaired) electrons. The van der Waals surface area contributed by atoms with Gasteiger partial charge in [0.2, 0.25) is 0 Å². The average molecular weight is 394 g/mol. The molecule has 0 amide bonds. The largest absolute Gasteiger partial charge is 0.503 e. The molecule has 0 bridgehead atoms. The molecule has 7 heteroatoms. The van der Waals surface area contributed by atoms with Crippen LogP contribution in [0.5, 0.6) is 11.5 Å². The molecule has 0 saturated heterocycles. The first-order chi connectivity index (χ1) is 11.1. The van der Waals surface area contributed by atoms with Gasteiger partial charge in [0.25, 0.3) is 0 Å². The topological polar surface area (TPSA) is 65.9 Å². The Morgan fingerprint density at radius 2 is 2.09 bits per heavy atom. The minimum absolute atomic E-state index is 0.0534. The Labute approximate surface area is 148 Å². The van der Waals surface area contributed by atoms with Crippen molar-refractivity contribution in [3.63, 3.8) is 0 Å². The molecule has 2 aromatic carbocycles. The number of hydrazone groups is 1. The van der Waals surface area contributed by atoms with Gasteiger partial charge >= 0.3 is 0 Å². The van der Waals surface area contributed by atoms with Crippen molar-refractivity contribution in [1.82, 2.24) is 10.7 Å². The van der Waals surface area contributed by atoms with E-state index < -0.39 is 0 Å². The molecule has 3 N–H and O–H groups in total. The van der Waals surface area contributed by atoms with Gasteiger partial charge in [-0.25, -0.2) is 0 Å². The molecule has 2 aromatic rings. The van der Waals surface area contributed by atoms with E-state index in [4.69, 9.17) is 17.0 Å². The van der Waals surface area contributed by atoms with Crippen LogP contribution < -0.4 is 15.5 Å². The number of ether oxygens (including phenoxy) is 1. The number of rotatable bonds is 5. The molecule has 0 unspecified atom stereocenters. The molecule has 0 fully saturated rings. The zero-order chi connectivity index (χ0) is 16.7. The first-order valence-corrected chi connectivity index (χ1v) is 7.97. The third-order valence-corrected chi connectivity index (χ3v) is 3.79. The summed E-state index contributed by atoms with van der Waals surface area (Å²) in [6, 6.07) is 13.3. The highest BCUT2D eigenvalue weighted by Crippen LogP contribution is 2.34. The lowest BCUT2D eigenvalue weighted by Gasteiger charge is -2.08. The fraction of sp³-hybridized carbons (Fsp3) is 0.125. The molecule has 5 nitrogen and oxygen atoms in total. The van der Waals surface area contributed by atoms with Gasteiger partial charge in [0.1, 0.15) is 0 Å². The van der Waals surface area contributed by atoms with Gasteiger partial charge in [0.15, 0.2) is 16.6 Å². The normalized spacial score (nSPS) is 10.5. The van der Waals surface area contributed by atoms with Gasteiger partial charge in [-0.3, -0.25) is 5.43 Å². The molecule has 0 aliphatic heterocycles. The summed E-state index contributed by atoms with van der Waals surface area (Å²) >= 11 is 8.41. The number of benzene rings is 2. The van der Waals surface area contributed by atoms with E-state index in [1.54, 1.807) is 18.3 Å². The molecule has 0 aliphatic rings. The summed E-state index contributed by atoms with van der Waals surface area (Å²) in [6.45, 7) is 0.626. The van der Waals surface area contributed by atoms with Gasteiger partial charge in [0, 0.05) is 6.54 Å².